The molecule has 3 nitrogen and oxygen atoms in total. The molecule has 0 spiro atoms. The van der Waals surface area contributed by atoms with Gasteiger partial charge in [-0.05, 0) is 37.1 Å². The number of hydrogen-bond acceptors (Lipinski definition) is 3. The third-order valence-electron chi connectivity index (χ3n) is 3.38. The van der Waals surface area contributed by atoms with Crippen molar-refractivity contribution in [3.8, 4) is 0 Å². The van der Waals surface area contributed by atoms with Crippen molar-refractivity contribution in [3.05, 3.63) is 0 Å². The summed E-state index contributed by atoms with van der Waals surface area (Å²) < 4.78 is 5.41. The zero-order chi connectivity index (χ0) is 12.7. The number of aliphatic hydroxyl groups excluding tert-OH is 1. The van der Waals surface area contributed by atoms with Gasteiger partial charge in [0.05, 0.1) is 12.7 Å². The number of hydrogen-bond donors (Lipinski definition) is 2. The van der Waals surface area contributed by atoms with Crippen molar-refractivity contribution in [2.45, 2.75) is 46.1 Å². The van der Waals surface area contributed by atoms with Crippen LogP contribution in [-0.4, -0.2) is 37.5 Å². The molecule has 0 amide bonds. The summed E-state index contributed by atoms with van der Waals surface area (Å²) in [6.07, 6.45) is 3.68. The second-order valence-corrected chi connectivity index (χ2v) is 6.03. The van der Waals surface area contributed by atoms with Crippen molar-refractivity contribution in [3.63, 3.8) is 0 Å². The topological polar surface area (TPSA) is 41.5 Å². The molecule has 1 aliphatic rings. The van der Waals surface area contributed by atoms with Crippen LogP contribution < -0.4 is 5.32 Å². The van der Waals surface area contributed by atoms with Crippen molar-refractivity contribution in [2.24, 2.45) is 17.8 Å². The fourth-order valence-electron chi connectivity index (χ4n) is 2.46. The molecule has 0 aliphatic heterocycles. The minimum atomic E-state index is -0.368. The molecule has 1 aliphatic carbocycles. The van der Waals surface area contributed by atoms with Crippen LogP contribution in [0.3, 0.4) is 0 Å². The number of ether oxygens (including phenoxy) is 1. The average Bonchev–Trinajstić information content (AvgIpc) is 2.63. The third-order valence-corrected chi connectivity index (χ3v) is 3.38. The van der Waals surface area contributed by atoms with E-state index in [0.717, 1.165) is 25.0 Å². The first-order valence-corrected chi connectivity index (χ1v) is 7.04. The molecule has 2 N–H and O–H groups in total. The van der Waals surface area contributed by atoms with Gasteiger partial charge in [-0.15, -0.1) is 0 Å². The molecule has 1 fully saturated rings. The van der Waals surface area contributed by atoms with E-state index in [9.17, 15) is 5.11 Å². The summed E-state index contributed by atoms with van der Waals surface area (Å²) in [5.41, 5.74) is 0. The SMILES string of the molecule is CC(C)COCC(O)CNCC1CCC(C)C1. The predicted octanol–water partition coefficient (Wildman–Crippen LogP) is 2.05. The molecule has 0 aromatic heterocycles. The summed E-state index contributed by atoms with van der Waals surface area (Å²) in [4.78, 5) is 0. The predicted molar refractivity (Wildman–Crippen MR) is 71.0 cm³/mol. The van der Waals surface area contributed by atoms with E-state index in [4.69, 9.17) is 4.74 Å². The van der Waals surface area contributed by atoms with Gasteiger partial charge < -0.3 is 15.2 Å². The van der Waals surface area contributed by atoms with Gasteiger partial charge in [0.25, 0.3) is 0 Å². The van der Waals surface area contributed by atoms with Gasteiger partial charge in [-0.25, -0.2) is 0 Å². The minimum absolute atomic E-state index is 0.368. The zero-order valence-electron chi connectivity index (χ0n) is 11.6. The van der Waals surface area contributed by atoms with Gasteiger partial charge in [-0.2, -0.15) is 0 Å². The van der Waals surface area contributed by atoms with Crippen molar-refractivity contribution in [1.29, 1.82) is 0 Å². The Labute approximate surface area is 106 Å². The highest BCUT2D eigenvalue weighted by molar-refractivity contribution is 4.74. The summed E-state index contributed by atoms with van der Waals surface area (Å²) in [5, 5.41) is 13.1. The van der Waals surface area contributed by atoms with Gasteiger partial charge in [0, 0.05) is 13.2 Å². The minimum Gasteiger partial charge on any atom is -0.389 e. The lowest BCUT2D eigenvalue weighted by atomic mass is 10.1. The number of rotatable bonds is 8. The van der Waals surface area contributed by atoms with Gasteiger partial charge in [-0.3, -0.25) is 0 Å². The smallest absolute Gasteiger partial charge is 0.0897 e. The Bertz CT molecular complexity index is 197. The molecule has 0 radical (unpaired) electrons. The van der Waals surface area contributed by atoms with Crippen LogP contribution >= 0.6 is 0 Å². The summed E-state index contributed by atoms with van der Waals surface area (Å²) in [6, 6.07) is 0. The second-order valence-electron chi connectivity index (χ2n) is 6.03. The van der Waals surface area contributed by atoms with Crippen LogP contribution in [0, 0.1) is 17.8 Å². The molecule has 0 aromatic rings. The van der Waals surface area contributed by atoms with E-state index in [1.165, 1.54) is 19.3 Å². The Kier molecular flexibility index (Phi) is 7.09. The van der Waals surface area contributed by atoms with E-state index in [1.807, 2.05) is 0 Å². The Balaban J connectivity index is 1.94. The van der Waals surface area contributed by atoms with Gasteiger partial charge in [0.2, 0.25) is 0 Å². The molecule has 3 unspecified atom stereocenters. The lowest BCUT2D eigenvalue weighted by molar-refractivity contribution is 0.0258. The molecule has 0 heterocycles. The van der Waals surface area contributed by atoms with Gasteiger partial charge in [0.1, 0.15) is 0 Å². The standard InChI is InChI=1S/C14H29NO2/c1-11(2)9-17-10-14(16)8-15-7-13-5-4-12(3)6-13/h11-16H,4-10H2,1-3H3. The molecule has 1 rings (SSSR count). The quantitative estimate of drug-likeness (QED) is 0.685. The summed E-state index contributed by atoms with van der Waals surface area (Å²) in [5.74, 6) is 2.24. The molecule has 17 heavy (non-hydrogen) atoms. The van der Waals surface area contributed by atoms with Gasteiger partial charge in [0.15, 0.2) is 0 Å². The molecule has 0 aromatic carbocycles. The van der Waals surface area contributed by atoms with E-state index >= 15 is 0 Å². The monoisotopic (exact) mass is 243 g/mol. The van der Waals surface area contributed by atoms with Crippen LogP contribution in [0.15, 0.2) is 0 Å². The van der Waals surface area contributed by atoms with Crippen LogP contribution in [0.5, 0.6) is 0 Å². The van der Waals surface area contributed by atoms with Crippen LogP contribution in [0.25, 0.3) is 0 Å². The molecular formula is C14H29NO2. The first kappa shape index (κ1) is 14.9. The zero-order valence-corrected chi connectivity index (χ0v) is 11.6. The Morgan fingerprint density at radius 1 is 1.29 bits per heavy atom. The summed E-state index contributed by atoms with van der Waals surface area (Å²) in [7, 11) is 0. The average molecular weight is 243 g/mol. The Morgan fingerprint density at radius 3 is 2.65 bits per heavy atom. The molecule has 0 saturated heterocycles. The van der Waals surface area contributed by atoms with E-state index in [1.54, 1.807) is 0 Å². The summed E-state index contributed by atoms with van der Waals surface area (Å²) in [6.45, 7) is 9.45. The van der Waals surface area contributed by atoms with Crippen LogP contribution in [0.1, 0.15) is 40.0 Å². The Morgan fingerprint density at radius 2 is 2.06 bits per heavy atom. The van der Waals surface area contributed by atoms with E-state index < -0.39 is 0 Å². The lowest BCUT2D eigenvalue weighted by Crippen LogP contribution is -2.33. The highest BCUT2D eigenvalue weighted by Gasteiger charge is 2.20. The molecule has 102 valence electrons. The highest BCUT2D eigenvalue weighted by atomic mass is 16.5. The summed E-state index contributed by atoms with van der Waals surface area (Å²) >= 11 is 0. The molecular weight excluding hydrogens is 214 g/mol. The molecule has 1 saturated carbocycles. The maximum absolute atomic E-state index is 9.70. The molecule has 0 bridgehead atoms. The molecule has 3 atom stereocenters. The number of aliphatic hydroxyl groups is 1. The van der Waals surface area contributed by atoms with Crippen molar-refractivity contribution in [1.82, 2.24) is 5.32 Å². The van der Waals surface area contributed by atoms with Crippen molar-refractivity contribution in [2.75, 3.05) is 26.3 Å². The van der Waals surface area contributed by atoms with Crippen LogP contribution in [-0.2, 0) is 4.74 Å². The van der Waals surface area contributed by atoms with E-state index in [2.05, 4.69) is 26.1 Å². The fourth-order valence-corrected chi connectivity index (χ4v) is 2.46. The number of nitrogens with one attached hydrogen (secondary N) is 1. The van der Waals surface area contributed by atoms with E-state index in [0.29, 0.717) is 19.1 Å². The Hall–Kier alpha value is -0.120. The van der Waals surface area contributed by atoms with Gasteiger partial charge >= 0.3 is 0 Å². The molecule has 3 heteroatoms. The van der Waals surface area contributed by atoms with Crippen molar-refractivity contribution < 1.29 is 9.84 Å². The maximum atomic E-state index is 9.70. The second kappa shape index (κ2) is 8.06. The van der Waals surface area contributed by atoms with Crippen LogP contribution in [0.4, 0.5) is 0 Å². The lowest BCUT2D eigenvalue weighted by Gasteiger charge is -2.15. The fraction of sp³-hybridized carbons (Fsp3) is 1.00. The maximum Gasteiger partial charge on any atom is 0.0897 e. The first-order valence-electron chi connectivity index (χ1n) is 7.04. The third kappa shape index (κ3) is 7.02. The normalized spacial score (nSPS) is 26.6. The largest absolute Gasteiger partial charge is 0.389 e. The van der Waals surface area contributed by atoms with E-state index in [-0.39, 0.29) is 6.10 Å². The van der Waals surface area contributed by atoms with Gasteiger partial charge in [-0.1, -0.05) is 27.2 Å². The van der Waals surface area contributed by atoms with Crippen LogP contribution in [0.2, 0.25) is 0 Å². The highest BCUT2D eigenvalue weighted by Crippen LogP contribution is 2.29. The van der Waals surface area contributed by atoms with Crippen molar-refractivity contribution >= 4 is 0 Å². The first-order chi connectivity index (χ1) is 8.08.